The third-order valence-corrected chi connectivity index (χ3v) is 7.61. The van der Waals surface area contributed by atoms with Gasteiger partial charge in [0.1, 0.15) is 0 Å². The van der Waals surface area contributed by atoms with Gasteiger partial charge in [-0.2, -0.15) is 15.6 Å². The summed E-state index contributed by atoms with van der Waals surface area (Å²) in [6.07, 6.45) is 2.24. The molecule has 152 valence electrons. The summed E-state index contributed by atoms with van der Waals surface area (Å²) in [4.78, 5) is 15.0. The van der Waals surface area contributed by atoms with Crippen molar-refractivity contribution in [1.29, 1.82) is 0 Å². The minimum Gasteiger partial charge on any atom is -0.325 e. The Morgan fingerprint density at radius 2 is 1.96 bits per heavy atom. The first-order chi connectivity index (χ1) is 13.4. The molecule has 8 heteroatoms. The quantitative estimate of drug-likeness (QED) is 0.638. The average Bonchev–Trinajstić information content (AvgIpc) is 3.39. The lowest BCUT2D eigenvalue weighted by atomic mass is 10.3. The molecule has 1 saturated carbocycles. The Labute approximate surface area is 171 Å². The third kappa shape index (κ3) is 5.20. The molecule has 6 nitrogen and oxygen atoms in total. The fourth-order valence-corrected chi connectivity index (χ4v) is 5.37. The minimum absolute atomic E-state index is 0.125. The van der Waals surface area contributed by atoms with Gasteiger partial charge >= 0.3 is 0 Å². The normalized spacial score (nSPS) is 14.6. The molecule has 0 spiro atoms. The molecule has 2 aromatic rings. The van der Waals surface area contributed by atoms with Gasteiger partial charge in [-0.3, -0.25) is 9.69 Å². The highest BCUT2D eigenvalue weighted by atomic mass is 32.2. The van der Waals surface area contributed by atoms with Crippen LogP contribution in [0.2, 0.25) is 0 Å². The van der Waals surface area contributed by atoms with Gasteiger partial charge in [0.2, 0.25) is 15.9 Å². The van der Waals surface area contributed by atoms with E-state index >= 15 is 0 Å². The van der Waals surface area contributed by atoms with Crippen LogP contribution in [0.5, 0.6) is 0 Å². The molecule has 1 N–H and O–H groups in total. The van der Waals surface area contributed by atoms with Crippen LogP contribution in [-0.2, 0) is 21.4 Å². The average molecular weight is 422 g/mol. The van der Waals surface area contributed by atoms with Crippen LogP contribution in [0.15, 0.2) is 46.0 Å². The van der Waals surface area contributed by atoms with Gasteiger partial charge in [-0.05, 0) is 53.4 Å². The number of benzene rings is 1. The topological polar surface area (TPSA) is 69.7 Å². The molecule has 1 amide bonds. The number of carbonyl (C=O) groups is 1. The predicted octanol–water partition coefficient (Wildman–Crippen LogP) is 3.38. The highest BCUT2D eigenvalue weighted by Gasteiger charge is 2.30. The maximum absolute atomic E-state index is 12.7. The molecule has 1 heterocycles. The predicted molar refractivity (Wildman–Crippen MR) is 113 cm³/mol. The van der Waals surface area contributed by atoms with E-state index in [0.29, 0.717) is 31.4 Å². The van der Waals surface area contributed by atoms with Crippen LogP contribution in [0, 0.1) is 0 Å². The minimum atomic E-state index is -3.55. The summed E-state index contributed by atoms with van der Waals surface area (Å²) in [7, 11) is -3.55. The fraction of sp³-hybridized carbons (Fsp3) is 0.450. The number of carbonyl (C=O) groups excluding carboxylic acids is 1. The summed E-state index contributed by atoms with van der Waals surface area (Å²) >= 11 is 1.66. The van der Waals surface area contributed by atoms with Crippen LogP contribution in [0.4, 0.5) is 5.69 Å². The lowest BCUT2D eigenvalue weighted by molar-refractivity contribution is -0.117. The summed E-state index contributed by atoms with van der Waals surface area (Å²) in [5.41, 5.74) is 1.72. The number of rotatable bonds is 10. The van der Waals surface area contributed by atoms with Gasteiger partial charge in [-0.1, -0.05) is 19.9 Å². The molecule has 1 aromatic heterocycles. The molecule has 0 radical (unpaired) electrons. The van der Waals surface area contributed by atoms with Crippen molar-refractivity contribution in [1.82, 2.24) is 9.21 Å². The van der Waals surface area contributed by atoms with Crippen LogP contribution in [0.1, 0.15) is 32.3 Å². The zero-order valence-electron chi connectivity index (χ0n) is 16.3. The Hall–Kier alpha value is -1.74. The number of hydrogen-bond donors (Lipinski definition) is 1. The van der Waals surface area contributed by atoms with Crippen LogP contribution in [0.25, 0.3) is 0 Å². The molecule has 28 heavy (non-hydrogen) atoms. The van der Waals surface area contributed by atoms with E-state index in [2.05, 4.69) is 21.7 Å². The SMILES string of the molecule is CCN(CC)S(=O)(=O)c1cccc(NC(=O)CN(Cc2ccsc2)C2CC2)c1. The van der Waals surface area contributed by atoms with Gasteiger partial charge in [-0.15, -0.1) is 0 Å². The zero-order valence-corrected chi connectivity index (χ0v) is 17.9. The lowest BCUT2D eigenvalue weighted by Crippen LogP contribution is -2.34. The molecule has 0 unspecified atom stereocenters. The highest BCUT2D eigenvalue weighted by molar-refractivity contribution is 7.89. The maximum Gasteiger partial charge on any atom is 0.243 e. The first-order valence-corrected chi connectivity index (χ1v) is 12.0. The second-order valence-corrected chi connectivity index (χ2v) is 9.65. The number of thiophene rings is 1. The van der Waals surface area contributed by atoms with Crippen molar-refractivity contribution >= 4 is 33.0 Å². The summed E-state index contributed by atoms with van der Waals surface area (Å²) in [5.74, 6) is -0.125. The van der Waals surface area contributed by atoms with Gasteiger partial charge < -0.3 is 5.32 Å². The highest BCUT2D eigenvalue weighted by Crippen LogP contribution is 2.28. The van der Waals surface area contributed by atoms with E-state index in [1.54, 1.807) is 29.5 Å². The van der Waals surface area contributed by atoms with Gasteiger partial charge in [0.25, 0.3) is 0 Å². The van der Waals surface area contributed by atoms with Crippen molar-refractivity contribution < 1.29 is 13.2 Å². The standard InChI is InChI=1S/C20H27N3O3S2/c1-3-23(4-2)28(25,26)19-7-5-6-17(12-19)21-20(24)14-22(18-8-9-18)13-16-10-11-27-15-16/h5-7,10-12,15,18H,3-4,8-9,13-14H2,1-2H3,(H,21,24). The zero-order chi connectivity index (χ0) is 20.1. The van der Waals surface area contributed by atoms with E-state index in [1.165, 1.54) is 15.9 Å². The van der Waals surface area contributed by atoms with E-state index in [-0.39, 0.29) is 10.8 Å². The summed E-state index contributed by atoms with van der Waals surface area (Å²) in [5, 5.41) is 7.01. The Morgan fingerprint density at radius 3 is 2.57 bits per heavy atom. The van der Waals surface area contributed by atoms with E-state index in [4.69, 9.17) is 0 Å². The number of nitrogens with zero attached hydrogens (tertiary/aromatic N) is 2. The van der Waals surface area contributed by atoms with Crippen molar-refractivity contribution in [2.45, 2.75) is 44.2 Å². The molecule has 0 atom stereocenters. The molecule has 1 aliphatic rings. The largest absolute Gasteiger partial charge is 0.325 e. The lowest BCUT2D eigenvalue weighted by Gasteiger charge is -2.21. The second-order valence-electron chi connectivity index (χ2n) is 6.93. The Morgan fingerprint density at radius 1 is 1.21 bits per heavy atom. The van der Waals surface area contributed by atoms with Crippen LogP contribution >= 0.6 is 11.3 Å². The number of anilines is 1. The summed E-state index contributed by atoms with van der Waals surface area (Å²) in [6.45, 7) is 5.51. The van der Waals surface area contributed by atoms with Crippen molar-refractivity contribution in [3.63, 3.8) is 0 Å². The van der Waals surface area contributed by atoms with Gasteiger partial charge in [0.15, 0.2) is 0 Å². The van der Waals surface area contributed by atoms with Crippen molar-refractivity contribution in [2.75, 3.05) is 25.0 Å². The van der Waals surface area contributed by atoms with Gasteiger partial charge in [0.05, 0.1) is 11.4 Å². The van der Waals surface area contributed by atoms with Crippen molar-refractivity contribution in [2.24, 2.45) is 0 Å². The van der Waals surface area contributed by atoms with E-state index < -0.39 is 10.0 Å². The Kier molecular flexibility index (Phi) is 6.87. The molecule has 1 fully saturated rings. The molecular weight excluding hydrogens is 394 g/mol. The van der Waals surface area contributed by atoms with Crippen LogP contribution < -0.4 is 5.32 Å². The fourth-order valence-electron chi connectivity index (χ4n) is 3.20. The first-order valence-electron chi connectivity index (χ1n) is 9.59. The first kappa shape index (κ1) is 21.0. The molecule has 0 aliphatic heterocycles. The Bertz CT molecular complexity index is 889. The van der Waals surface area contributed by atoms with Crippen LogP contribution in [0.3, 0.4) is 0 Å². The number of hydrogen-bond acceptors (Lipinski definition) is 5. The molecule has 3 rings (SSSR count). The van der Waals surface area contributed by atoms with E-state index in [9.17, 15) is 13.2 Å². The molecule has 0 saturated heterocycles. The van der Waals surface area contributed by atoms with E-state index in [0.717, 1.165) is 19.4 Å². The number of amides is 1. The second kappa shape index (κ2) is 9.17. The Balaban J connectivity index is 1.67. The summed E-state index contributed by atoms with van der Waals surface area (Å²) < 4.78 is 26.8. The molecule has 0 bridgehead atoms. The number of sulfonamides is 1. The molecule has 1 aromatic carbocycles. The molecule has 1 aliphatic carbocycles. The van der Waals surface area contributed by atoms with Crippen LogP contribution in [-0.4, -0.2) is 49.2 Å². The third-order valence-electron chi connectivity index (χ3n) is 4.84. The summed E-state index contributed by atoms with van der Waals surface area (Å²) in [6, 6.07) is 9.03. The van der Waals surface area contributed by atoms with Gasteiger partial charge in [-0.25, -0.2) is 8.42 Å². The molecular formula is C20H27N3O3S2. The van der Waals surface area contributed by atoms with Gasteiger partial charge in [0, 0.05) is 31.4 Å². The van der Waals surface area contributed by atoms with Crippen molar-refractivity contribution in [3.8, 4) is 0 Å². The monoisotopic (exact) mass is 421 g/mol. The van der Waals surface area contributed by atoms with E-state index in [1.807, 2.05) is 19.2 Å². The smallest absolute Gasteiger partial charge is 0.243 e. The number of nitrogens with one attached hydrogen (secondary N) is 1. The van der Waals surface area contributed by atoms with Crippen molar-refractivity contribution in [3.05, 3.63) is 46.7 Å². The maximum atomic E-state index is 12.7.